The summed E-state index contributed by atoms with van der Waals surface area (Å²) in [6.45, 7) is 3.83. The minimum absolute atomic E-state index is 0.0121. The van der Waals surface area contributed by atoms with Crippen molar-refractivity contribution in [1.82, 2.24) is 9.47 Å². The summed E-state index contributed by atoms with van der Waals surface area (Å²) in [7, 11) is 3.29. The molecule has 2 aliphatic rings. The molecule has 5 rings (SSSR count). The zero-order valence-electron chi connectivity index (χ0n) is 24.8. The van der Waals surface area contributed by atoms with Crippen molar-refractivity contribution < 1.29 is 23.9 Å². The number of rotatable bonds is 11. The molecule has 2 aromatic carbocycles. The number of hydrogen-bond donors (Lipinski definition) is 3. The van der Waals surface area contributed by atoms with Crippen LogP contribution in [0, 0.1) is 0 Å². The highest BCUT2D eigenvalue weighted by Crippen LogP contribution is 2.38. The minimum atomic E-state index is -0.274. The molecule has 1 fully saturated rings. The van der Waals surface area contributed by atoms with Gasteiger partial charge >= 0.3 is 0 Å². The quantitative estimate of drug-likeness (QED) is 0.264. The molecule has 0 spiro atoms. The number of piperidine rings is 1. The van der Waals surface area contributed by atoms with E-state index >= 15 is 0 Å². The van der Waals surface area contributed by atoms with Crippen LogP contribution in [0.1, 0.15) is 59.9 Å². The van der Waals surface area contributed by atoms with Gasteiger partial charge in [0.25, 0.3) is 11.8 Å². The Labute approximate surface area is 251 Å². The molecular weight excluding hydrogens is 548 g/mol. The zero-order valence-corrected chi connectivity index (χ0v) is 24.8. The minimum Gasteiger partial charge on any atom is -0.493 e. The number of carbonyl (C=O) groups is 3. The van der Waals surface area contributed by atoms with Crippen molar-refractivity contribution in [1.29, 1.82) is 0 Å². The van der Waals surface area contributed by atoms with E-state index in [1.165, 1.54) is 7.11 Å². The molecule has 1 unspecified atom stereocenters. The van der Waals surface area contributed by atoms with E-state index in [0.717, 1.165) is 38.0 Å². The van der Waals surface area contributed by atoms with Crippen LogP contribution in [0.15, 0.2) is 53.7 Å². The van der Waals surface area contributed by atoms with Crippen LogP contribution in [0.5, 0.6) is 11.5 Å². The maximum Gasteiger partial charge on any atom is 0.272 e. The van der Waals surface area contributed by atoms with E-state index in [9.17, 15) is 14.4 Å². The third-order valence-electron chi connectivity index (χ3n) is 7.56. The second kappa shape index (κ2) is 13.5. The predicted octanol–water partition coefficient (Wildman–Crippen LogP) is 5.23. The molecule has 43 heavy (non-hydrogen) atoms. The Morgan fingerprint density at radius 3 is 2.58 bits per heavy atom. The van der Waals surface area contributed by atoms with Gasteiger partial charge in [-0.15, -0.1) is 0 Å². The standard InChI is InChI=1S/C32H38N6O5/c1-4-33-21-10-12-22(13-11-21)36-31(40)27-16-23(20-37(27)2)35-30(39)9-7-15-43-29-18-26-25(17-28(29)42-3)32(41)38-14-6-5-8-24(38)19-34-26/h10-13,16-20,24,33H,4-9,14-15H2,1-3H3,(H,35,39)(H,36,40). The van der Waals surface area contributed by atoms with Crippen LogP contribution in [0.25, 0.3) is 0 Å². The van der Waals surface area contributed by atoms with E-state index in [1.54, 1.807) is 36.0 Å². The first-order valence-corrected chi connectivity index (χ1v) is 14.7. The van der Waals surface area contributed by atoms with Gasteiger partial charge in [0, 0.05) is 56.4 Å². The molecule has 3 heterocycles. The molecule has 226 valence electrons. The highest BCUT2D eigenvalue weighted by molar-refractivity contribution is 6.05. The number of aromatic nitrogens is 1. The first-order chi connectivity index (χ1) is 20.9. The summed E-state index contributed by atoms with van der Waals surface area (Å²) in [4.78, 5) is 45.1. The maximum atomic E-state index is 13.2. The van der Waals surface area contributed by atoms with Crippen LogP contribution < -0.4 is 25.4 Å². The van der Waals surface area contributed by atoms with E-state index in [2.05, 4.69) is 20.9 Å². The van der Waals surface area contributed by atoms with Crippen molar-refractivity contribution in [3.8, 4) is 11.5 Å². The molecule has 0 saturated carbocycles. The number of nitrogens with one attached hydrogen (secondary N) is 3. The first-order valence-electron chi connectivity index (χ1n) is 14.7. The smallest absolute Gasteiger partial charge is 0.272 e. The third kappa shape index (κ3) is 6.99. The van der Waals surface area contributed by atoms with Gasteiger partial charge in [-0.05, 0) is 69.0 Å². The summed E-state index contributed by atoms with van der Waals surface area (Å²) < 4.78 is 13.1. The number of aliphatic imine (C=N–C) groups is 1. The molecule has 0 radical (unpaired) electrons. The maximum absolute atomic E-state index is 13.2. The number of carbonyl (C=O) groups excluding carboxylic acids is 3. The summed E-state index contributed by atoms with van der Waals surface area (Å²) in [5, 5.41) is 8.95. The highest BCUT2D eigenvalue weighted by atomic mass is 16.5. The number of methoxy groups -OCH3 is 1. The molecule has 3 amide bonds. The van der Waals surface area contributed by atoms with Crippen LogP contribution >= 0.6 is 0 Å². The average molecular weight is 587 g/mol. The molecule has 3 aromatic rings. The number of anilines is 3. The van der Waals surface area contributed by atoms with Crippen LogP contribution in [0.3, 0.4) is 0 Å². The average Bonchev–Trinajstić information content (AvgIpc) is 3.31. The Hall–Kier alpha value is -4.80. The van der Waals surface area contributed by atoms with Gasteiger partial charge in [0.05, 0.1) is 36.7 Å². The fraction of sp³-hybridized carbons (Fsp3) is 0.375. The lowest BCUT2D eigenvalue weighted by molar-refractivity contribution is -0.116. The Bertz CT molecular complexity index is 1510. The Morgan fingerprint density at radius 1 is 1.02 bits per heavy atom. The number of fused-ring (bicyclic) bond motifs is 2. The molecule has 0 aliphatic carbocycles. The molecule has 11 heteroatoms. The van der Waals surface area contributed by atoms with Gasteiger partial charge in [-0.1, -0.05) is 0 Å². The van der Waals surface area contributed by atoms with Crippen molar-refractivity contribution in [2.24, 2.45) is 12.0 Å². The monoisotopic (exact) mass is 586 g/mol. The summed E-state index contributed by atoms with van der Waals surface area (Å²) >= 11 is 0. The lowest BCUT2D eigenvalue weighted by atomic mass is 10.0. The number of nitrogens with zero attached hydrogens (tertiary/aromatic N) is 3. The van der Waals surface area contributed by atoms with E-state index in [4.69, 9.17) is 9.47 Å². The number of amides is 3. The number of benzene rings is 2. The summed E-state index contributed by atoms with van der Waals surface area (Å²) in [5.41, 5.74) is 3.67. The molecule has 1 aromatic heterocycles. The van der Waals surface area contributed by atoms with Gasteiger partial charge in [-0.25, -0.2) is 0 Å². The van der Waals surface area contributed by atoms with Crippen LogP contribution in [0.2, 0.25) is 0 Å². The lowest BCUT2D eigenvalue weighted by Gasteiger charge is -2.32. The van der Waals surface area contributed by atoms with Crippen molar-refractivity contribution in [2.45, 2.75) is 45.1 Å². The number of aryl methyl sites for hydroxylation is 1. The molecule has 3 N–H and O–H groups in total. The van der Waals surface area contributed by atoms with Crippen LogP contribution in [-0.4, -0.2) is 66.3 Å². The molecular formula is C32H38N6O5. The van der Waals surface area contributed by atoms with E-state index in [1.807, 2.05) is 42.3 Å². The van der Waals surface area contributed by atoms with E-state index in [0.29, 0.717) is 46.2 Å². The lowest BCUT2D eigenvalue weighted by Crippen LogP contribution is -2.43. The summed E-state index contributed by atoms with van der Waals surface area (Å²) in [5.74, 6) is 0.413. The normalized spacial score (nSPS) is 15.7. The summed E-state index contributed by atoms with van der Waals surface area (Å²) in [6.07, 6.45) is 7.20. The third-order valence-corrected chi connectivity index (χ3v) is 7.56. The van der Waals surface area contributed by atoms with Crippen molar-refractivity contribution in [3.63, 3.8) is 0 Å². The Morgan fingerprint density at radius 2 is 1.81 bits per heavy atom. The fourth-order valence-electron chi connectivity index (χ4n) is 5.35. The van der Waals surface area contributed by atoms with E-state index in [-0.39, 0.29) is 36.8 Å². The van der Waals surface area contributed by atoms with Gasteiger partial charge in [0.1, 0.15) is 5.69 Å². The fourth-order valence-corrected chi connectivity index (χ4v) is 5.35. The highest BCUT2D eigenvalue weighted by Gasteiger charge is 2.31. The van der Waals surface area contributed by atoms with Gasteiger partial charge in [0.2, 0.25) is 5.91 Å². The van der Waals surface area contributed by atoms with E-state index < -0.39 is 0 Å². The van der Waals surface area contributed by atoms with Crippen LogP contribution in [0.4, 0.5) is 22.7 Å². The topological polar surface area (TPSA) is 126 Å². The molecule has 1 saturated heterocycles. The number of hydrogen-bond acceptors (Lipinski definition) is 7. The number of ether oxygens (including phenoxy) is 2. The Kier molecular flexibility index (Phi) is 9.29. The van der Waals surface area contributed by atoms with Gasteiger partial charge < -0.3 is 34.9 Å². The molecule has 1 atom stereocenters. The predicted molar refractivity (Wildman–Crippen MR) is 167 cm³/mol. The van der Waals surface area contributed by atoms with Crippen molar-refractivity contribution in [3.05, 3.63) is 59.9 Å². The SMILES string of the molecule is CCNc1ccc(NC(=O)c2cc(NC(=O)CCCOc3cc4c(cc3OC)C(=O)N3CCCCC3C=N4)cn2C)cc1. The Balaban J connectivity index is 1.13. The van der Waals surface area contributed by atoms with Crippen LogP contribution in [-0.2, 0) is 11.8 Å². The van der Waals surface area contributed by atoms with Crippen molar-refractivity contribution in [2.75, 3.05) is 42.8 Å². The van der Waals surface area contributed by atoms with Crippen molar-refractivity contribution >= 4 is 46.7 Å². The van der Waals surface area contributed by atoms with Gasteiger partial charge in [-0.2, -0.15) is 0 Å². The second-order valence-electron chi connectivity index (χ2n) is 10.6. The second-order valence-corrected chi connectivity index (χ2v) is 10.6. The first kappa shape index (κ1) is 29.7. The molecule has 11 nitrogen and oxygen atoms in total. The van der Waals surface area contributed by atoms with Gasteiger partial charge in [-0.3, -0.25) is 19.4 Å². The molecule has 2 aliphatic heterocycles. The zero-order chi connectivity index (χ0) is 30.3. The molecule has 0 bridgehead atoms. The largest absolute Gasteiger partial charge is 0.493 e. The van der Waals surface area contributed by atoms with Gasteiger partial charge in [0.15, 0.2) is 11.5 Å². The summed E-state index contributed by atoms with van der Waals surface area (Å²) in [6, 6.07) is 12.6.